The largest absolute Gasteiger partial charge is 0.481 e. The molecule has 0 fully saturated rings. The van der Waals surface area contributed by atoms with Gasteiger partial charge in [0, 0.05) is 16.7 Å². The van der Waals surface area contributed by atoms with Crippen LogP contribution in [0.25, 0.3) is 0 Å². The summed E-state index contributed by atoms with van der Waals surface area (Å²) < 4.78 is 13.4. The molecule has 1 aliphatic rings. The summed E-state index contributed by atoms with van der Waals surface area (Å²) in [5, 5.41) is 11.6. The highest BCUT2D eigenvalue weighted by atomic mass is 32.2. The van der Waals surface area contributed by atoms with Gasteiger partial charge in [-0.25, -0.2) is 4.39 Å². The number of aliphatic carboxylic acids is 1. The highest BCUT2D eigenvalue weighted by molar-refractivity contribution is 7.99. The predicted molar refractivity (Wildman–Crippen MR) is 56.8 cm³/mol. The van der Waals surface area contributed by atoms with Crippen molar-refractivity contribution in [3.8, 4) is 0 Å². The maximum atomic E-state index is 13.4. The Morgan fingerprint density at radius 2 is 2.47 bits per heavy atom. The molecule has 0 saturated heterocycles. The van der Waals surface area contributed by atoms with E-state index in [-0.39, 0.29) is 18.3 Å². The minimum Gasteiger partial charge on any atom is -0.481 e. The molecule has 0 aromatic heterocycles. The molecule has 15 heavy (non-hydrogen) atoms. The second kappa shape index (κ2) is 4.10. The smallest absolute Gasteiger partial charge is 0.305 e. The van der Waals surface area contributed by atoms with Gasteiger partial charge < -0.3 is 10.4 Å². The molecule has 5 heteroatoms. The number of hydrogen-bond donors (Lipinski definition) is 2. The van der Waals surface area contributed by atoms with Crippen LogP contribution in [0, 0.1) is 5.82 Å². The van der Waals surface area contributed by atoms with Crippen molar-refractivity contribution in [2.75, 3.05) is 11.1 Å². The van der Waals surface area contributed by atoms with Gasteiger partial charge >= 0.3 is 5.97 Å². The first kappa shape index (κ1) is 10.3. The number of thioether (sulfide) groups is 1. The number of benzene rings is 1. The number of fused-ring (bicyclic) bond motifs is 1. The van der Waals surface area contributed by atoms with E-state index in [1.165, 1.54) is 17.8 Å². The molecule has 2 rings (SSSR count). The third kappa shape index (κ3) is 2.23. The van der Waals surface area contributed by atoms with Gasteiger partial charge in [-0.2, -0.15) is 0 Å². The van der Waals surface area contributed by atoms with Crippen LogP contribution in [-0.4, -0.2) is 22.9 Å². The standard InChI is InChI=1S/C10H10FNO2S/c11-7-2-1-3-8-10(7)12-6(5-15-8)4-9(13)14/h1-3,6,12H,4-5H2,(H,13,14). The van der Waals surface area contributed by atoms with E-state index in [0.29, 0.717) is 11.4 Å². The number of anilines is 1. The first-order valence-electron chi connectivity index (χ1n) is 4.56. The molecule has 1 heterocycles. The zero-order chi connectivity index (χ0) is 10.8. The van der Waals surface area contributed by atoms with Gasteiger partial charge in [0.1, 0.15) is 5.82 Å². The highest BCUT2D eigenvalue weighted by Crippen LogP contribution is 2.35. The second-order valence-corrected chi connectivity index (χ2v) is 4.42. The molecule has 3 nitrogen and oxygen atoms in total. The van der Waals surface area contributed by atoms with E-state index in [2.05, 4.69) is 5.32 Å². The van der Waals surface area contributed by atoms with Gasteiger partial charge in [0.2, 0.25) is 0 Å². The fraction of sp³-hybridized carbons (Fsp3) is 0.300. The number of rotatable bonds is 2. The van der Waals surface area contributed by atoms with E-state index in [1.807, 2.05) is 6.07 Å². The Morgan fingerprint density at radius 3 is 3.20 bits per heavy atom. The Morgan fingerprint density at radius 1 is 1.67 bits per heavy atom. The van der Waals surface area contributed by atoms with Crippen LogP contribution in [0.3, 0.4) is 0 Å². The fourth-order valence-electron chi connectivity index (χ4n) is 1.52. The average Bonchev–Trinajstić information content (AvgIpc) is 2.18. The molecule has 1 atom stereocenters. The van der Waals surface area contributed by atoms with Crippen molar-refractivity contribution in [3.05, 3.63) is 24.0 Å². The number of para-hydroxylation sites is 1. The van der Waals surface area contributed by atoms with Crippen LogP contribution in [0.5, 0.6) is 0 Å². The summed E-state index contributed by atoms with van der Waals surface area (Å²) in [6.45, 7) is 0. The lowest BCUT2D eigenvalue weighted by atomic mass is 10.2. The van der Waals surface area contributed by atoms with Gasteiger partial charge in [-0.3, -0.25) is 4.79 Å². The van der Waals surface area contributed by atoms with Gasteiger partial charge in [0.15, 0.2) is 0 Å². The van der Waals surface area contributed by atoms with Gasteiger partial charge in [0.05, 0.1) is 12.1 Å². The van der Waals surface area contributed by atoms with Crippen molar-refractivity contribution in [2.45, 2.75) is 17.4 Å². The van der Waals surface area contributed by atoms with E-state index >= 15 is 0 Å². The van der Waals surface area contributed by atoms with Crippen LogP contribution in [-0.2, 0) is 4.79 Å². The van der Waals surface area contributed by atoms with Crippen molar-refractivity contribution >= 4 is 23.4 Å². The molecule has 1 aromatic carbocycles. The van der Waals surface area contributed by atoms with Crippen molar-refractivity contribution in [1.29, 1.82) is 0 Å². The van der Waals surface area contributed by atoms with Crippen molar-refractivity contribution < 1.29 is 14.3 Å². The predicted octanol–water partition coefficient (Wildman–Crippen LogP) is 2.19. The third-order valence-corrected chi connectivity index (χ3v) is 3.41. The SMILES string of the molecule is O=C(O)CC1CSc2cccc(F)c2N1. The molecule has 1 unspecified atom stereocenters. The van der Waals surface area contributed by atoms with Gasteiger partial charge in [0.25, 0.3) is 0 Å². The summed E-state index contributed by atoms with van der Waals surface area (Å²) >= 11 is 1.49. The van der Waals surface area contributed by atoms with Crippen LogP contribution in [0.1, 0.15) is 6.42 Å². The molecule has 80 valence electrons. The van der Waals surface area contributed by atoms with Crippen molar-refractivity contribution in [2.24, 2.45) is 0 Å². The first-order chi connectivity index (χ1) is 7.16. The number of carbonyl (C=O) groups is 1. The second-order valence-electron chi connectivity index (χ2n) is 3.36. The van der Waals surface area contributed by atoms with Crippen LogP contribution in [0.15, 0.2) is 23.1 Å². The lowest BCUT2D eigenvalue weighted by Gasteiger charge is -2.25. The Labute approximate surface area is 90.7 Å². The molecular weight excluding hydrogens is 217 g/mol. The quantitative estimate of drug-likeness (QED) is 0.813. The monoisotopic (exact) mass is 227 g/mol. The van der Waals surface area contributed by atoms with Crippen molar-refractivity contribution in [1.82, 2.24) is 0 Å². The zero-order valence-corrected chi connectivity index (χ0v) is 8.68. The maximum absolute atomic E-state index is 13.4. The van der Waals surface area contributed by atoms with Gasteiger partial charge in [-0.05, 0) is 12.1 Å². The molecule has 0 saturated carbocycles. The molecule has 1 aliphatic heterocycles. The van der Waals surface area contributed by atoms with E-state index < -0.39 is 5.97 Å². The van der Waals surface area contributed by atoms with Crippen LogP contribution < -0.4 is 5.32 Å². The lowest BCUT2D eigenvalue weighted by molar-refractivity contribution is -0.137. The Bertz CT molecular complexity index is 397. The molecule has 1 aromatic rings. The van der Waals surface area contributed by atoms with Crippen LogP contribution >= 0.6 is 11.8 Å². The topological polar surface area (TPSA) is 49.3 Å². The normalized spacial score (nSPS) is 19.1. The van der Waals surface area contributed by atoms with Crippen molar-refractivity contribution in [3.63, 3.8) is 0 Å². The number of halogens is 1. The molecule has 0 bridgehead atoms. The number of carboxylic acids is 1. The van der Waals surface area contributed by atoms with E-state index in [9.17, 15) is 9.18 Å². The minimum atomic E-state index is -0.868. The molecule has 0 spiro atoms. The van der Waals surface area contributed by atoms with E-state index in [0.717, 1.165) is 4.90 Å². The minimum absolute atomic E-state index is 0.0147. The summed E-state index contributed by atoms with van der Waals surface area (Å²) in [6.07, 6.45) is 0.0147. The number of nitrogens with one attached hydrogen (secondary N) is 1. The Balaban J connectivity index is 2.18. The summed E-state index contributed by atoms with van der Waals surface area (Å²) in [5.74, 6) is -0.536. The molecule has 0 radical (unpaired) electrons. The third-order valence-electron chi connectivity index (χ3n) is 2.18. The zero-order valence-electron chi connectivity index (χ0n) is 7.87. The maximum Gasteiger partial charge on any atom is 0.305 e. The summed E-state index contributed by atoms with van der Waals surface area (Å²) in [4.78, 5) is 11.4. The molecule has 2 N–H and O–H groups in total. The van der Waals surface area contributed by atoms with E-state index in [1.54, 1.807) is 6.07 Å². The summed E-state index contributed by atoms with van der Waals surface area (Å²) in [5.41, 5.74) is 0.431. The van der Waals surface area contributed by atoms with E-state index in [4.69, 9.17) is 5.11 Å². The molecule has 0 amide bonds. The van der Waals surface area contributed by atoms with Crippen LogP contribution in [0.4, 0.5) is 10.1 Å². The fourth-order valence-corrected chi connectivity index (χ4v) is 2.58. The number of hydrogen-bond acceptors (Lipinski definition) is 3. The van der Waals surface area contributed by atoms with Gasteiger partial charge in [-0.1, -0.05) is 6.07 Å². The Kier molecular flexibility index (Phi) is 2.81. The molecular formula is C10H10FNO2S. The Hall–Kier alpha value is -1.23. The summed E-state index contributed by atoms with van der Waals surface area (Å²) in [7, 11) is 0. The molecule has 0 aliphatic carbocycles. The van der Waals surface area contributed by atoms with Gasteiger partial charge in [-0.15, -0.1) is 11.8 Å². The average molecular weight is 227 g/mol. The first-order valence-corrected chi connectivity index (χ1v) is 5.55. The highest BCUT2D eigenvalue weighted by Gasteiger charge is 2.22. The number of carboxylic acid groups (broad SMARTS) is 1. The van der Waals surface area contributed by atoms with Crippen LogP contribution in [0.2, 0.25) is 0 Å². The summed E-state index contributed by atoms with van der Waals surface area (Å²) in [6, 6.07) is 4.65. The lowest BCUT2D eigenvalue weighted by Crippen LogP contribution is -2.29.